The topological polar surface area (TPSA) is 72.2 Å². The molecule has 1 aromatic rings. The summed E-state index contributed by atoms with van der Waals surface area (Å²) in [6, 6.07) is 0.449. The summed E-state index contributed by atoms with van der Waals surface area (Å²) in [5.41, 5.74) is 1.07. The van der Waals surface area contributed by atoms with E-state index in [2.05, 4.69) is 29.5 Å². The van der Waals surface area contributed by atoms with Crippen LogP contribution in [0.4, 0.5) is 0 Å². The van der Waals surface area contributed by atoms with Crippen molar-refractivity contribution in [1.29, 1.82) is 0 Å². The van der Waals surface area contributed by atoms with E-state index < -0.39 is 0 Å². The van der Waals surface area contributed by atoms with Crippen LogP contribution in [0.3, 0.4) is 0 Å². The number of nitrogens with one attached hydrogen (secondary N) is 1. The van der Waals surface area contributed by atoms with E-state index in [4.69, 9.17) is 9.84 Å². The Morgan fingerprint density at radius 1 is 1.61 bits per heavy atom. The highest BCUT2D eigenvalue weighted by atomic mass is 16.5. The molecule has 6 heteroatoms. The molecular formula is C12H22N4O2. The molecular weight excluding hydrogens is 232 g/mol. The van der Waals surface area contributed by atoms with E-state index in [1.807, 2.05) is 6.20 Å². The number of rotatable bonds is 6. The Morgan fingerprint density at radius 2 is 2.39 bits per heavy atom. The molecule has 2 atom stereocenters. The highest BCUT2D eigenvalue weighted by Crippen LogP contribution is 2.42. The van der Waals surface area contributed by atoms with Gasteiger partial charge >= 0.3 is 0 Å². The Hall–Kier alpha value is -0.980. The smallest absolute Gasteiger partial charge is 0.0964 e. The van der Waals surface area contributed by atoms with Gasteiger partial charge in [-0.05, 0) is 6.42 Å². The third-order valence-corrected chi connectivity index (χ3v) is 3.91. The third kappa shape index (κ3) is 2.55. The van der Waals surface area contributed by atoms with Gasteiger partial charge in [-0.1, -0.05) is 19.1 Å². The molecule has 1 saturated carbocycles. The molecule has 18 heavy (non-hydrogen) atoms. The van der Waals surface area contributed by atoms with Gasteiger partial charge in [0.1, 0.15) is 0 Å². The van der Waals surface area contributed by atoms with Gasteiger partial charge in [-0.25, -0.2) is 4.68 Å². The van der Waals surface area contributed by atoms with Crippen molar-refractivity contribution in [3.8, 4) is 0 Å². The summed E-state index contributed by atoms with van der Waals surface area (Å²) in [4.78, 5) is 0. The summed E-state index contributed by atoms with van der Waals surface area (Å²) in [7, 11) is 1.77. The molecule has 1 aliphatic carbocycles. The lowest BCUT2D eigenvalue weighted by Crippen LogP contribution is -2.60. The van der Waals surface area contributed by atoms with Gasteiger partial charge in [0.15, 0.2) is 0 Å². The quantitative estimate of drug-likeness (QED) is 0.757. The Bertz CT molecular complexity index is 391. The zero-order valence-corrected chi connectivity index (χ0v) is 11.3. The molecule has 0 spiro atoms. The van der Waals surface area contributed by atoms with Crippen LogP contribution in [-0.2, 0) is 17.8 Å². The molecule has 102 valence electrons. The van der Waals surface area contributed by atoms with E-state index in [1.165, 1.54) is 0 Å². The van der Waals surface area contributed by atoms with Gasteiger partial charge in [-0.2, -0.15) is 0 Å². The SMILES string of the molecule is COC1CC(NCc2cn(CCO)nn2)C1(C)C. The molecule has 1 heterocycles. The van der Waals surface area contributed by atoms with Crippen molar-refractivity contribution in [3.05, 3.63) is 11.9 Å². The lowest BCUT2D eigenvalue weighted by Gasteiger charge is -2.51. The van der Waals surface area contributed by atoms with Gasteiger partial charge in [0, 0.05) is 31.3 Å². The minimum absolute atomic E-state index is 0.0847. The fraction of sp³-hybridized carbons (Fsp3) is 0.833. The van der Waals surface area contributed by atoms with E-state index in [0.29, 0.717) is 25.2 Å². The molecule has 0 aliphatic heterocycles. The fourth-order valence-corrected chi connectivity index (χ4v) is 2.49. The number of methoxy groups -OCH3 is 1. The van der Waals surface area contributed by atoms with E-state index >= 15 is 0 Å². The number of aromatic nitrogens is 3. The van der Waals surface area contributed by atoms with Crippen LogP contribution in [0.5, 0.6) is 0 Å². The molecule has 0 amide bonds. The van der Waals surface area contributed by atoms with Crippen LogP contribution < -0.4 is 5.32 Å². The van der Waals surface area contributed by atoms with Gasteiger partial charge in [0.2, 0.25) is 0 Å². The van der Waals surface area contributed by atoms with Crippen LogP contribution in [-0.4, -0.2) is 46.0 Å². The monoisotopic (exact) mass is 254 g/mol. The summed E-state index contributed by atoms with van der Waals surface area (Å²) in [5, 5.41) is 20.3. The third-order valence-electron chi connectivity index (χ3n) is 3.91. The predicted molar refractivity (Wildman–Crippen MR) is 66.9 cm³/mol. The predicted octanol–water partition coefficient (Wildman–Crippen LogP) is 0.173. The zero-order chi connectivity index (χ0) is 13.2. The summed E-state index contributed by atoms with van der Waals surface area (Å²) in [6.07, 6.45) is 3.23. The van der Waals surface area contributed by atoms with Crippen LogP contribution in [0.2, 0.25) is 0 Å². The van der Waals surface area contributed by atoms with Crippen LogP contribution in [0.25, 0.3) is 0 Å². The first-order chi connectivity index (χ1) is 8.57. The van der Waals surface area contributed by atoms with E-state index in [9.17, 15) is 0 Å². The summed E-state index contributed by atoms with van der Waals surface area (Å²) >= 11 is 0. The molecule has 2 N–H and O–H groups in total. The number of hydrogen-bond acceptors (Lipinski definition) is 5. The summed E-state index contributed by atoms with van der Waals surface area (Å²) in [6.45, 7) is 5.71. The van der Waals surface area contributed by atoms with Gasteiger partial charge in [-0.3, -0.25) is 0 Å². The highest BCUT2D eigenvalue weighted by Gasteiger charge is 2.48. The minimum atomic E-state index is 0.0847. The maximum Gasteiger partial charge on any atom is 0.0964 e. The second-order valence-electron chi connectivity index (χ2n) is 5.41. The Labute approximate surface area is 107 Å². The first-order valence-electron chi connectivity index (χ1n) is 6.34. The van der Waals surface area contributed by atoms with Gasteiger partial charge in [-0.15, -0.1) is 5.10 Å². The summed E-state index contributed by atoms with van der Waals surface area (Å²) < 4.78 is 7.07. The Kier molecular flexibility index (Phi) is 3.99. The van der Waals surface area contributed by atoms with Crippen LogP contribution in [0, 0.1) is 5.41 Å². The van der Waals surface area contributed by atoms with Crippen molar-refractivity contribution in [2.24, 2.45) is 5.41 Å². The maximum atomic E-state index is 8.80. The second-order valence-corrected chi connectivity index (χ2v) is 5.41. The molecule has 0 radical (unpaired) electrons. The average molecular weight is 254 g/mol. The molecule has 0 bridgehead atoms. The molecule has 2 rings (SSSR count). The molecule has 2 unspecified atom stereocenters. The van der Waals surface area contributed by atoms with E-state index in [-0.39, 0.29) is 12.0 Å². The van der Waals surface area contributed by atoms with Crippen molar-refractivity contribution in [2.75, 3.05) is 13.7 Å². The maximum absolute atomic E-state index is 8.80. The normalized spacial score (nSPS) is 26.0. The molecule has 1 fully saturated rings. The van der Waals surface area contributed by atoms with Crippen LogP contribution in [0.1, 0.15) is 26.0 Å². The molecule has 0 saturated heterocycles. The van der Waals surface area contributed by atoms with Crippen molar-refractivity contribution in [1.82, 2.24) is 20.3 Å². The standard InChI is InChI=1S/C12H22N4O2/c1-12(2)10(6-11(12)18-3)13-7-9-8-16(4-5-17)15-14-9/h8,10-11,13,17H,4-7H2,1-3H3. The van der Waals surface area contributed by atoms with Crippen LogP contribution >= 0.6 is 0 Å². The minimum Gasteiger partial charge on any atom is -0.394 e. The number of aliphatic hydroxyl groups is 1. The average Bonchev–Trinajstić information content (AvgIpc) is 2.76. The van der Waals surface area contributed by atoms with Crippen LogP contribution in [0.15, 0.2) is 6.20 Å². The number of nitrogens with zero attached hydrogens (tertiary/aromatic N) is 3. The fourth-order valence-electron chi connectivity index (χ4n) is 2.49. The van der Waals surface area contributed by atoms with Crippen molar-refractivity contribution in [3.63, 3.8) is 0 Å². The number of aliphatic hydroxyl groups excluding tert-OH is 1. The Balaban J connectivity index is 1.81. The Morgan fingerprint density at radius 3 is 3.00 bits per heavy atom. The summed E-state index contributed by atoms with van der Waals surface area (Å²) in [5.74, 6) is 0. The van der Waals surface area contributed by atoms with Crippen molar-refractivity contribution >= 4 is 0 Å². The van der Waals surface area contributed by atoms with Crippen molar-refractivity contribution < 1.29 is 9.84 Å². The molecule has 1 aliphatic rings. The number of hydrogen-bond donors (Lipinski definition) is 2. The molecule has 1 aromatic heterocycles. The second kappa shape index (κ2) is 5.34. The number of ether oxygens (including phenoxy) is 1. The lowest BCUT2D eigenvalue weighted by atomic mass is 9.64. The zero-order valence-electron chi connectivity index (χ0n) is 11.3. The lowest BCUT2D eigenvalue weighted by molar-refractivity contribution is -0.0979. The van der Waals surface area contributed by atoms with Gasteiger partial charge in [0.05, 0.1) is 24.9 Å². The van der Waals surface area contributed by atoms with Gasteiger partial charge < -0.3 is 15.2 Å². The molecule has 0 aromatic carbocycles. The largest absolute Gasteiger partial charge is 0.394 e. The first-order valence-corrected chi connectivity index (χ1v) is 6.34. The molecule has 6 nitrogen and oxygen atoms in total. The van der Waals surface area contributed by atoms with Crippen molar-refractivity contribution in [2.45, 2.75) is 45.5 Å². The first kappa shape index (κ1) is 13.5. The van der Waals surface area contributed by atoms with E-state index in [1.54, 1.807) is 11.8 Å². The van der Waals surface area contributed by atoms with E-state index in [0.717, 1.165) is 12.1 Å². The van der Waals surface area contributed by atoms with Gasteiger partial charge in [0.25, 0.3) is 0 Å². The highest BCUT2D eigenvalue weighted by molar-refractivity contribution is 5.04.